The van der Waals surface area contributed by atoms with E-state index >= 15 is 0 Å². The molecule has 0 aliphatic carbocycles. The predicted molar refractivity (Wildman–Crippen MR) is 120 cm³/mol. The third kappa shape index (κ3) is 3.74. The quantitative estimate of drug-likeness (QED) is 0.412. The van der Waals surface area contributed by atoms with Gasteiger partial charge in [0.15, 0.2) is 5.11 Å². The predicted octanol–water partition coefficient (Wildman–Crippen LogP) is 4.04. The summed E-state index contributed by atoms with van der Waals surface area (Å²) >= 11 is 8.81. The number of carbonyl (C=O) groups is 2. The molecule has 4 rings (SSSR count). The number of halogens is 1. The molecule has 1 aromatic heterocycles. The summed E-state index contributed by atoms with van der Waals surface area (Å²) in [6.45, 7) is 3.86. The number of hydrogen-bond donors (Lipinski definition) is 1. The van der Waals surface area contributed by atoms with Crippen molar-refractivity contribution in [3.63, 3.8) is 0 Å². The molecule has 1 N–H and O–H groups in total. The minimum Gasteiger partial charge on any atom is -0.440 e. The van der Waals surface area contributed by atoms with Crippen molar-refractivity contribution in [2.45, 2.75) is 26.2 Å². The lowest BCUT2D eigenvalue weighted by atomic mass is 10.1. The van der Waals surface area contributed by atoms with Gasteiger partial charge in [0.05, 0.1) is 10.2 Å². The second-order valence-corrected chi connectivity index (χ2v) is 8.18. The van der Waals surface area contributed by atoms with Gasteiger partial charge in [-0.25, -0.2) is 0 Å². The van der Waals surface area contributed by atoms with Crippen LogP contribution in [0.4, 0.5) is 11.6 Å². The molecule has 0 spiro atoms. The summed E-state index contributed by atoms with van der Waals surface area (Å²) in [5.74, 6) is 0.172. The van der Waals surface area contributed by atoms with E-state index < -0.39 is 11.8 Å². The van der Waals surface area contributed by atoms with E-state index in [9.17, 15) is 9.59 Å². The van der Waals surface area contributed by atoms with Gasteiger partial charge in [0, 0.05) is 19.2 Å². The third-order valence-electron chi connectivity index (χ3n) is 5.08. The summed E-state index contributed by atoms with van der Waals surface area (Å²) in [7, 11) is 0. The first-order chi connectivity index (χ1) is 14.0. The summed E-state index contributed by atoms with van der Waals surface area (Å²) in [6.07, 6.45) is 4.45. The molecule has 3 heterocycles. The molecule has 0 unspecified atom stereocenters. The number of rotatable bonds is 4. The maximum absolute atomic E-state index is 13.2. The molecule has 6 nitrogen and oxygen atoms in total. The number of nitrogens with zero attached hydrogens (tertiary/aromatic N) is 2. The zero-order chi connectivity index (χ0) is 20.5. The van der Waals surface area contributed by atoms with Gasteiger partial charge >= 0.3 is 0 Å². The summed E-state index contributed by atoms with van der Waals surface area (Å²) in [4.78, 5) is 29.3. The van der Waals surface area contributed by atoms with Gasteiger partial charge in [-0.05, 0) is 65.1 Å². The van der Waals surface area contributed by atoms with Crippen molar-refractivity contribution in [3.8, 4) is 0 Å². The average Bonchev–Trinajstić information content (AvgIpc) is 3.35. The molecule has 8 heteroatoms. The van der Waals surface area contributed by atoms with Crippen LogP contribution in [-0.2, 0) is 16.0 Å². The van der Waals surface area contributed by atoms with Crippen LogP contribution in [0.3, 0.4) is 0 Å². The molecule has 29 heavy (non-hydrogen) atoms. The van der Waals surface area contributed by atoms with E-state index in [0.717, 1.165) is 48.3 Å². The van der Waals surface area contributed by atoms with Crippen molar-refractivity contribution in [2.24, 2.45) is 0 Å². The van der Waals surface area contributed by atoms with Gasteiger partial charge in [-0.15, -0.1) is 0 Å². The van der Waals surface area contributed by atoms with E-state index in [1.54, 1.807) is 6.07 Å². The molecule has 1 aromatic carbocycles. The summed E-state index contributed by atoms with van der Waals surface area (Å²) < 4.78 is 6.73. The molecule has 0 bridgehead atoms. The third-order valence-corrected chi connectivity index (χ3v) is 5.94. The number of para-hydroxylation sites is 1. The van der Waals surface area contributed by atoms with Gasteiger partial charge in [-0.1, -0.05) is 25.1 Å². The first kappa shape index (κ1) is 19.8. The number of carbonyl (C=O) groups excluding carboxylic acids is 2. The molecule has 2 aromatic rings. The number of anilines is 2. The number of furan rings is 1. The van der Waals surface area contributed by atoms with Crippen molar-refractivity contribution >= 4 is 62.7 Å². The second-order valence-electron chi connectivity index (χ2n) is 6.94. The number of aryl methyl sites for hydroxylation is 1. The van der Waals surface area contributed by atoms with Crippen LogP contribution in [0.1, 0.15) is 31.1 Å². The molecule has 0 saturated carbocycles. The Bertz CT molecular complexity index is 1020. The zero-order valence-electron chi connectivity index (χ0n) is 15.9. The number of nitrogens with one attached hydrogen (secondary N) is 1. The molecule has 2 saturated heterocycles. The SMILES string of the molecule is CCc1ccccc1N1C(=O)/C(=C/c2cc(Br)c(N3CCCC3)o2)C(=O)NC1=S. The highest BCUT2D eigenvalue weighted by molar-refractivity contribution is 9.10. The van der Waals surface area contributed by atoms with Crippen LogP contribution in [0, 0.1) is 0 Å². The lowest BCUT2D eigenvalue weighted by Crippen LogP contribution is -2.54. The Morgan fingerprint density at radius 3 is 2.69 bits per heavy atom. The Hall–Kier alpha value is -2.45. The number of hydrogen-bond acceptors (Lipinski definition) is 5. The van der Waals surface area contributed by atoms with Crippen LogP contribution in [0.15, 0.2) is 44.8 Å². The van der Waals surface area contributed by atoms with Crippen molar-refractivity contribution in [1.82, 2.24) is 5.32 Å². The maximum atomic E-state index is 13.2. The van der Waals surface area contributed by atoms with Crippen LogP contribution in [0.2, 0.25) is 0 Å². The fourth-order valence-electron chi connectivity index (χ4n) is 3.63. The summed E-state index contributed by atoms with van der Waals surface area (Å²) in [6, 6.07) is 9.30. The molecule has 0 radical (unpaired) electrons. The summed E-state index contributed by atoms with van der Waals surface area (Å²) in [5.41, 5.74) is 1.63. The minimum absolute atomic E-state index is 0.0151. The molecule has 150 valence electrons. The molecular weight excluding hydrogens is 454 g/mol. The van der Waals surface area contributed by atoms with Crippen molar-refractivity contribution < 1.29 is 14.0 Å². The zero-order valence-corrected chi connectivity index (χ0v) is 18.3. The normalized spacial score (nSPS) is 18.7. The molecule has 2 fully saturated rings. The number of benzene rings is 1. The first-order valence-electron chi connectivity index (χ1n) is 9.53. The highest BCUT2D eigenvalue weighted by Crippen LogP contribution is 2.34. The van der Waals surface area contributed by atoms with Gasteiger partial charge in [0.1, 0.15) is 11.3 Å². The van der Waals surface area contributed by atoms with Crippen molar-refractivity contribution in [2.75, 3.05) is 22.9 Å². The fourth-order valence-corrected chi connectivity index (χ4v) is 4.46. The molecule has 0 atom stereocenters. The largest absolute Gasteiger partial charge is 0.440 e. The van der Waals surface area contributed by atoms with Crippen LogP contribution in [0.25, 0.3) is 6.08 Å². The van der Waals surface area contributed by atoms with Crippen LogP contribution < -0.4 is 15.1 Å². The van der Waals surface area contributed by atoms with Crippen LogP contribution >= 0.6 is 28.1 Å². The molecular formula is C21H20BrN3O3S. The standard InChI is InChI=1S/C21H20BrN3O3S/c1-2-13-7-3-4-8-17(13)25-19(27)15(18(26)23-21(25)29)11-14-12-16(22)20(28-14)24-9-5-6-10-24/h3-4,7-8,11-12H,2,5-6,9-10H2,1H3,(H,23,26,29)/b15-11+. The van der Waals surface area contributed by atoms with Gasteiger partial charge < -0.3 is 9.32 Å². The van der Waals surface area contributed by atoms with E-state index in [2.05, 4.69) is 26.1 Å². The fraction of sp³-hybridized carbons (Fsp3) is 0.286. The first-order valence-corrected chi connectivity index (χ1v) is 10.7. The molecule has 2 aliphatic heterocycles. The Labute approximate surface area is 182 Å². The molecule has 2 amide bonds. The average molecular weight is 474 g/mol. The second kappa shape index (κ2) is 8.12. The number of amides is 2. The molecule has 2 aliphatic rings. The van der Waals surface area contributed by atoms with E-state index in [1.165, 1.54) is 11.0 Å². The van der Waals surface area contributed by atoms with Crippen LogP contribution in [-0.4, -0.2) is 30.0 Å². The van der Waals surface area contributed by atoms with E-state index in [4.69, 9.17) is 16.6 Å². The highest BCUT2D eigenvalue weighted by atomic mass is 79.9. The summed E-state index contributed by atoms with van der Waals surface area (Å²) in [5, 5.41) is 2.70. The van der Waals surface area contributed by atoms with E-state index in [-0.39, 0.29) is 10.7 Å². The Kier molecular flexibility index (Phi) is 5.56. The Balaban J connectivity index is 1.70. The maximum Gasteiger partial charge on any atom is 0.270 e. The van der Waals surface area contributed by atoms with E-state index in [0.29, 0.717) is 11.4 Å². The minimum atomic E-state index is -0.527. The smallest absolute Gasteiger partial charge is 0.270 e. The lowest BCUT2D eigenvalue weighted by Gasteiger charge is -2.30. The van der Waals surface area contributed by atoms with Gasteiger partial charge in [-0.3, -0.25) is 19.8 Å². The Morgan fingerprint density at radius 2 is 1.97 bits per heavy atom. The Morgan fingerprint density at radius 1 is 1.24 bits per heavy atom. The number of thiocarbonyl (C=S) groups is 1. The van der Waals surface area contributed by atoms with Crippen molar-refractivity contribution in [1.29, 1.82) is 0 Å². The van der Waals surface area contributed by atoms with Gasteiger partial charge in [0.25, 0.3) is 11.8 Å². The lowest BCUT2D eigenvalue weighted by molar-refractivity contribution is -0.122. The highest BCUT2D eigenvalue weighted by Gasteiger charge is 2.35. The van der Waals surface area contributed by atoms with Crippen LogP contribution in [0.5, 0.6) is 0 Å². The monoisotopic (exact) mass is 473 g/mol. The van der Waals surface area contributed by atoms with Gasteiger partial charge in [-0.2, -0.15) is 0 Å². The van der Waals surface area contributed by atoms with E-state index in [1.807, 2.05) is 31.2 Å². The van der Waals surface area contributed by atoms with Gasteiger partial charge in [0.2, 0.25) is 5.88 Å². The topological polar surface area (TPSA) is 65.8 Å². The van der Waals surface area contributed by atoms with Crippen molar-refractivity contribution in [3.05, 3.63) is 51.7 Å².